The Morgan fingerprint density at radius 2 is 2.12 bits per heavy atom. The van der Waals surface area contributed by atoms with Gasteiger partial charge in [-0.1, -0.05) is 26.0 Å². The van der Waals surface area contributed by atoms with Crippen molar-refractivity contribution in [2.75, 3.05) is 18.1 Å². The van der Waals surface area contributed by atoms with Gasteiger partial charge in [0.2, 0.25) is 0 Å². The lowest BCUT2D eigenvalue weighted by atomic mass is 10.3. The Morgan fingerprint density at radius 3 is 2.76 bits per heavy atom. The topological polar surface area (TPSA) is 55.5 Å². The highest BCUT2D eigenvalue weighted by Gasteiger charge is 2.09. The first-order chi connectivity index (χ1) is 8.13. The third-order valence-corrected chi connectivity index (χ3v) is 3.98. The molecule has 17 heavy (non-hydrogen) atoms. The minimum absolute atomic E-state index is 0.289. The maximum atomic E-state index is 9.76. The number of nitrogen functional groups attached to an aromatic ring is 1. The second kappa shape index (κ2) is 7.45. The number of para-hydroxylation sites is 2. The molecule has 0 aliphatic rings. The summed E-state index contributed by atoms with van der Waals surface area (Å²) in [6, 6.07) is 7.32. The van der Waals surface area contributed by atoms with Crippen LogP contribution in [0.15, 0.2) is 24.3 Å². The molecule has 1 rings (SSSR count). The Hall–Kier alpha value is -0.870. The Bertz CT molecular complexity index is 333. The SMILES string of the molecule is CCC(C)SCC(O)COc1ccccc1N. The van der Waals surface area contributed by atoms with Gasteiger partial charge in [0.1, 0.15) is 12.4 Å². The maximum Gasteiger partial charge on any atom is 0.142 e. The summed E-state index contributed by atoms with van der Waals surface area (Å²) in [6.45, 7) is 4.59. The van der Waals surface area contributed by atoms with Crippen LogP contribution >= 0.6 is 11.8 Å². The van der Waals surface area contributed by atoms with E-state index in [-0.39, 0.29) is 6.61 Å². The van der Waals surface area contributed by atoms with E-state index in [2.05, 4.69) is 13.8 Å². The first-order valence-corrected chi connectivity index (χ1v) is 6.95. The molecule has 0 aromatic heterocycles. The third-order valence-electron chi connectivity index (χ3n) is 2.50. The Kier molecular flexibility index (Phi) is 6.22. The van der Waals surface area contributed by atoms with Gasteiger partial charge >= 0.3 is 0 Å². The number of thioether (sulfide) groups is 1. The molecule has 3 N–H and O–H groups in total. The van der Waals surface area contributed by atoms with E-state index in [1.54, 1.807) is 17.8 Å². The van der Waals surface area contributed by atoms with Crippen molar-refractivity contribution in [3.63, 3.8) is 0 Å². The summed E-state index contributed by atoms with van der Waals surface area (Å²) in [6.07, 6.45) is 0.665. The molecule has 0 aliphatic carbocycles. The fraction of sp³-hybridized carbons (Fsp3) is 0.538. The first-order valence-electron chi connectivity index (χ1n) is 5.90. The zero-order chi connectivity index (χ0) is 12.7. The van der Waals surface area contributed by atoms with Gasteiger partial charge < -0.3 is 15.6 Å². The number of hydrogen-bond acceptors (Lipinski definition) is 4. The lowest BCUT2D eigenvalue weighted by molar-refractivity contribution is 0.127. The molecular weight excluding hydrogens is 234 g/mol. The highest BCUT2D eigenvalue weighted by molar-refractivity contribution is 7.99. The standard InChI is InChI=1S/C13H21NO2S/c1-3-10(2)17-9-11(15)8-16-13-7-5-4-6-12(13)14/h4-7,10-11,15H,3,8-9,14H2,1-2H3. The van der Waals surface area contributed by atoms with E-state index in [9.17, 15) is 5.11 Å². The summed E-state index contributed by atoms with van der Waals surface area (Å²) < 4.78 is 5.48. The summed E-state index contributed by atoms with van der Waals surface area (Å²) in [5, 5.41) is 10.3. The summed E-state index contributed by atoms with van der Waals surface area (Å²) in [4.78, 5) is 0. The van der Waals surface area contributed by atoms with Gasteiger partial charge in [0, 0.05) is 11.0 Å². The summed E-state index contributed by atoms with van der Waals surface area (Å²) in [5.41, 5.74) is 6.34. The van der Waals surface area contributed by atoms with Crippen LogP contribution in [0.3, 0.4) is 0 Å². The maximum absolute atomic E-state index is 9.76. The molecule has 2 unspecified atom stereocenters. The molecule has 4 heteroatoms. The second-order valence-electron chi connectivity index (χ2n) is 4.05. The van der Waals surface area contributed by atoms with E-state index in [1.165, 1.54) is 0 Å². The van der Waals surface area contributed by atoms with Crippen LogP contribution in [0, 0.1) is 0 Å². The number of aliphatic hydroxyl groups excluding tert-OH is 1. The van der Waals surface area contributed by atoms with Crippen molar-refractivity contribution in [1.29, 1.82) is 0 Å². The minimum Gasteiger partial charge on any atom is -0.489 e. The van der Waals surface area contributed by atoms with Crippen LogP contribution in [-0.2, 0) is 0 Å². The Balaban J connectivity index is 2.28. The van der Waals surface area contributed by atoms with Crippen molar-refractivity contribution < 1.29 is 9.84 Å². The lowest BCUT2D eigenvalue weighted by Crippen LogP contribution is -2.21. The van der Waals surface area contributed by atoms with E-state index < -0.39 is 6.10 Å². The largest absolute Gasteiger partial charge is 0.489 e. The van der Waals surface area contributed by atoms with Crippen LogP contribution in [0.25, 0.3) is 0 Å². The quantitative estimate of drug-likeness (QED) is 0.735. The molecule has 1 aromatic rings. The fourth-order valence-electron chi connectivity index (χ4n) is 1.24. The van der Waals surface area contributed by atoms with Crippen molar-refractivity contribution in [3.8, 4) is 5.75 Å². The molecule has 1 aromatic carbocycles. The third kappa shape index (κ3) is 5.33. The number of nitrogens with two attached hydrogens (primary N) is 1. The predicted molar refractivity (Wildman–Crippen MR) is 74.6 cm³/mol. The van der Waals surface area contributed by atoms with E-state index in [0.717, 1.165) is 6.42 Å². The summed E-state index contributed by atoms with van der Waals surface area (Å²) in [5.74, 6) is 1.34. The van der Waals surface area contributed by atoms with Crippen LogP contribution in [0.5, 0.6) is 5.75 Å². The van der Waals surface area contributed by atoms with E-state index >= 15 is 0 Å². The van der Waals surface area contributed by atoms with Gasteiger partial charge in [-0.05, 0) is 18.6 Å². The molecule has 0 aliphatic heterocycles. The van der Waals surface area contributed by atoms with Crippen LogP contribution in [0.2, 0.25) is 0 Å². The molecule has 0 saturated heterocycles. The molecule has 0 spiro atoms. The van der Waals surface area contributed by atoms with E-state index in [4.69, 9.17) is 10.5 Å². The van der Waals surface area contributed by atoms with Crippen molar-refractivity contribution in [2.45, 2.75) is 31.6 Å². The smallest absolute Gasteiger partial charge is 0.142 e. The molecule has 0 fully saturated rings. The van der Waals surface area contributed by atoms with Crippen LogP contribution in [-0.4, -0.2) is 28.8 Å². The average molecular weight is 255 g/mol. The lowest BCUT2D eigenvalue weighted by Gasteiger charge is -2.15. The monoisotopic (exact) mass is 255 g/mol. The molecule has 0 amide bonds. The second-order valence-corrected chi connectivity index (χ2v) is 5.53. The van der Waals surface area contributed by atoms with Gasteiger partial charge in [0.25, 0.3) is 0 Å². The molecule has 2 atom stereocenters. The summed E-state index contributed by atoms with van der Waals surface area (Å²) in [7, 11) is 0. The van der Waals surface area contributed by atoms with Gasteiger partial charge in [0.15, 0.2) is 0 Å². The number of rotatable bonds is 7. The highest BCUT2D eigenvalue weighted by Crippen LogP contribution is 2.20. The minimum atomic E-state index is -0.450. The molecule has 0 heterocycles. The van der Waals surface area contributed by atoms with Crippen molar-refractivity contribution in [2.24, 2.45) is 0 Å². The molecule has 3 nitrogen and oxygen atoms in total. The van der Waals surface area contributed by atoms with Gasteiger partial charge in [-0.2, -0.15) is 11.8 Å². The van der Waals surface area contributed by atoms with E-state index in [1.807, 2.05) is 18.2 Å². The predicted octanol–water partition coefficient (Wildman–Crippen LogP) is 2.54. The van der Waals surface area contributed by atoms with Crippen LogP contribution < -0.4 is 10.5 Å². The number of benzene rings is 1. The number of ether oxygens (including phenoxy) is 1. The fourth-order valence-corrected chi connectivity index (χ4v) is 2.12. The first kappa shape index (κ1) is 14.2. The highest BCUT2D eigenvalue weighted by atomic mass is 32.2. The molecule has 0 bridgehead atoms. The van der Waals surface area contributed by atoms with Gasteiger partial charge in [-0.15, -0.1) is 0 Å². The molecule has 96 valence electrons. The molecular formula is C13H21NO2S. The van der Waals surface area contributed by atoms with E-state index in [0.29, 0.717) is 22.4 Å². The Morgan fingerprint density at radius 1 is 1.41 bits per heavy atom. The van der Waals surface area contributed by atoms with Crippen LogP contribution in [0.4, 0.5) is 5.69 Å². The van der Waals surface area contributed by atoms with Crippen molar-refractivity contribution in [3.05, 3.63) is 24.3 Å². The molecule has 0 saturated carbocycles. The van der Waals surface area contributed by atoms with Crippen molar-refractivity contribution in [1.82, 2.24) is 0 Å². The van der Waals surface area contributed by atoms with Crippen molar-refractivity contribution >= 4 is 17.4 Å². The molecule has 0 radical (unpaired) electrons. The summed E-state index contributed by atoms with van der Waals surface area (Å²) >= 11 is 1.76. The van der Waals surface area contributed by atoms with Gasteiger partial charge in [-0.25, -0.2) is 0 Å². The zero-order valence-electron chi connectivity index (χ0n) is 10.4. The number of anilines is 1. The normalized spacial score (nSPS) is 14.3. The number of hydrogen-bond donors (Lipinski definition) is 2. The van der Waals surface area contributed by atoms with Gasteiger partial charge in [0.05, 0.1) is 11.8 Å². The average Bonchev–Trinajstić information content (AvgIpc) is 2.35. The van der Waals surface area contributed by atoms with Crippen LogP contribution in [0.1, 0.15) is 20.3 Å². The van der Waals surface area contributed by atoms with Gasteiger partial charge in [-0.3, -0.25) is 0 Å². The zero-order valence-corrected chi connectivity index (χ0v) is 11.2. The number of aliphatic hydroxyl groups is 1. The Labute approximate surface area is 107 Å².